The number of aliphatic hydroxyl groups excluding tert-OH is 3. The zero-order chi connectivity index (χ0) is 29.9. The molecule has 3 unspecified atom stereocenters. The van der Waals surface area contributed by atoms with Gasteiger partial charge >= 0.3 is 0 Å². The molecule has 1 aromatic rings. The van der Waals surface area contributed by atoms with Gasteiger partial charge < -0.3 is 39.7 Å². The number of nitrogens with one attached hydrogen (secondary N) is 1. The van der Waals surface area contributed by atoms with Crippen LogP contribution in [0.15, 0.2) is 23.8 Å². The van der Waals surface area contributed by atoms with Crippen molar-refractivity contribution in [3.63, 3.8) is 0 Å². The van der Waals surface area contributed by atoms with Gasteiger partial charge in [-0.15, -0.1) is 0 Å². The molecule has 0 aromatic heterocycles. The minimum atomic E-state index is -1.12. The van der Waals surface area contributed by atoms with Gasteiger partial charge in [-0.3, -0.25) is 9.59 Å². The molecule has 0 radical (unpaired) electrons. The van der Waals surface area contributed by atoms with E-state index in [1.54, 1.807) is 23.1 Å². The number of nitrogens with zero attached hydrogens (tertiary/aromatic N) is 1. The Balaban J connectivity index is 1.94. The Bertz CT molecular complexity index is 1040. The molecule has 230 valence electrons. The maximum absolute atomic E-state index is 13.7. The molecule has 1 aromatic carbocycles. The quantitative estimate of drug-likeness (QED) is 0.163. The van der Waals surface area contributed by atoms with E-state index in [-0.39, 0.29) is 44.1 Å². The highest BCUT2D eigenvalue weighted by molar-refractivity contribution is 14.1. The average Bonchev–Trinajstić information content (AvgIpc) is 3.46. The van der Waals surface area contributed by atoms with Gasteiger partial charge in [-0.2, -0.15) is 0 Å². The molecule has 3 rings (SSSR count). The van der Waals surface area contributed by atoms with Gasteiger partial charge in [-0.05, 0) is 85.4 Å². The van der Waals surface area contributed by atoms with Gasteiger partial charge in [0.15, 0.2) is 11.5 Å². The fraction of sp³-hybridized carbons (Fsp3) is 0.667. The monoisotopic (exact) mass is 688 g/mol. The molecule has 1 fully saturated rings. The van der Waals surface area contributed by atoms with E-state index in [1.165, 1.54) is 7.11 Å². The molecule has 2 aliphatic rings. The smallest absolute Gasteiger partial charge is 0.247 e. The fourth-order valence-electron chi connectivity index (χ4n) is 5.50. The van der Waals surface area contributed by atoms with Gasteiger partial charge in [0.05, 0.1) is 36.0 Å². The maximum atomic E-state index is 13.7. The summed E-state index contributed by atoms with van der Waals surface area (Å²) in [6.45, 7) is 4.47. The summed E-state index contributed by atoms with van der Waals surface area (Å²) in [4.78, 5) is 28.5. The number of halogens is 1. The normalized spacial score (nSPS) is 21.1. The van der Waals surface area contributed by atoms with E-state index in [1.807, 2.05) is 13.8 Å². The van der Waals surface area contributed by atoms with Gasteiger partial charge in [0.1, 0.15) is 12.2 Å². The average molecular weight is 689 g/mol. The molecule has 0 aliphatic heterocycles. The van der Waals surface area contributed by atoms with E-state index >= 15 is 0 Å². The summed E-state index contributed by atoms with van der Waals surface area (Å²) in [6, 6.07) is 2.72. The van der Waals surface area contributed by atoms with Gasteiger partial charge in [0.2, 0.25) is 11.8 Å². The summed E-state index contributed by atoms with van der Waals surface area (Å²) < 4.78 is 18.2. The predicted molar refractivity (Wildman–Crippen MR) is 163 cm³/mol. The van der Waals surface area contributed by atoms with Crippen LogP contribution < -0.4 is 14.8 Å². The van der Waals surface area contributed by atoms with Crippen molar-refractivity contribution in [2.45, 2.75) is 89.8 Å². The lowest BCUT2D eigenvalue weighted by atomic mass is 9.87. The Kier molecular flexibility index (Phi) is 13.6. The highest BCUT2D eigenvalue weighted by atomic mass is 127. The Hall–Kier alpha value is -1.93. The third kappa shape index (κ3) is 9.54. The molecule has 11 heteroatoms. The summed E-state index contributed by atoms with van der Waals surface area (Å²) in [5.41, 5.74) is 1.02. The Labute approximate surface area is 256 Å². The van der Waals surface area contributed by atoms with Gasteiger partial charge in [0, 0.05) is 38.1 Å². The number of carbonyl (C=O) groups excluding carboxylic acids is 2. The molecule has 0 saturated heterocycles. The number of rotatable bonds is 15. The number of carbonyl (C=O) groups is 2. The molecule has 10 nitrogen and oxygen atoms in total. The summed E-state index contributed by atoms with van der Waals surface area (Å²) in [6.07, 6.45) is 5.00. The van der Waals surface area contributed by atoms with E-state index < -0.39 is 18.2 Å². The second-order valence-corrected chi connectivity index (χ2v) is 12.2. The maximum Gasteiger partial charge on any atom is 0.247 e. The van der Waals surface area contributed by atoms with E-state index in [2.05, 4.69) is 27.9 Å². The van der Waals surface area contributed by atoms with Crippen LogP contribution in [0.5, 0.6) is 11.5 Å². The number of ether oxygens (including phenoxy) is 3. The third-order valence-electron chi connectivity index (χ3n) is 7.59. The van der Waals surface area contributed by atoms with Gasteiger partial charge in [0.25, 0.3) is 0 Å². The van der Waals surface area contributed by atoms with Crippen LogP contribution >= 0.6 is 22.6 Å². The van der Waals surface area contributed by atoms with Crippen LogP contribution in [0.25, 0.3) is 0 Å². The minimum absolute atomic E-state index is 0.0410. The Morgan fingerprint density at radius 1 is 1.20 bits per heavy atom. The van der Waals surface area contributed by atoms with Crippen molar-refractivity contribution in [3.8, 4) is 11.5 Å². The number of hydrogen-bond acceptors (Lipinski definition) is 8. The van der Waals surface area contributed by atoms with Crippen molar-refractivity contribution in [3.05, 3.63) is 32.9 Å². The van der Waals surface area contributed by atoms with Crippen molar-refractivity contribution < 1.29 is 39.1 Å². The fourth-order valence-corrected chi connectivity index (χ4v) is 6.30. The highest BCUT2D eigenvalue weighted by Gasteiger charge is 2.41. The first-order valence-corrected chi connectivity index (χ1v) is 15.6. The standard InChI is InChI=1S/C30H45IN2O8/c1-19(2)40-12-6-10-33(27(36)15-20-7-4-5-8-20)24-16-22(30(38)32-9-11-34)17-25(28(24)37)41-29-23(31)13-21(18-35)14-26(29)39-3/h13-14,17,19-20,24-25,28,34-35,37H,4-12,15-16,18H2,1-3H3,(H,32,38). The topological polar surface area (TPSA) is 138 Å². The second kappa shape index (κ2) is 16.6. The zero-order valence-electron chi connectivity index (χ0n) is 24.3. The second-order valence-electron chi connectivity index (χ2n) is 11.0. The largest absolute Gasteiger partial charge is 0.493 e. The first-order chi connectivity index (χ1) is 19.7. The number of methoxy groups -OCH3 is 1. The molecular weight excluding hydrogens is 643 g/mol. The zero-order valence-corrected chi connectivity index (χ0v) is 26.5. The lowest BCUT2D eigenvalue weighted by Gasteiger charge is -2.41. The number of benzene rings is 1. The molecule has 0 spiro atoms. The van der Waals surface area contributed by atoms with Crippen LogP contribution in [-0.2, 0) is 20.9 Å². The first kappa shape index (κ1) is 33.6. The van der Waals surface area contributed by atoms with Gasteiger partial charge in [-0.1, -0.05) is 12.8 Å². The van der Waals surface area contributed by atoms with Crippen LogP contribution in [0.1, 0.15) is 64.4 Å². The molecular formula is C30H45IN2O8. The van der Waals surface area contributed by atoms with Crippen LogP contribution in [-0.4, -0.2) is 89.8 Å². The molecule has 3 atom stereocenters. The van der Waals surface area contributed by atoms with Crippen LogP contribution in [0, 0.1) is 9.49 Å². The predicted octanol–water partition coefficient (Wildman–Crippen LogP) is 2.93. The number of amides is 2. The number of hydrogen-bond donors (Lipinski definition) is 4. The molecule has 0 heterocycles. The van der Waals surface area contributed by atoms with E-state index in [0.717, 1.165) is 25.7 Å². The summed E-state index contributed by atoms with van der Waals surface area (Å²) in [7, 11) is 1.49. The first-order valence-electron chi connectivity index (χ1n) is 14.5. The van der Waals surface area contributed by atoms with Crippen molar-refractivity contribution in [2.75, 3.05) is 33.4 Å². The molecule has 41 heavy (non-hydrogen) atoms. The lowest BCUT2D eigenvalue weighted by Crippen LogP contribution is -2.55. The van der Waals surface area contributed by atoms with Crippen molar-refractivity contribution in [1.29, 1.82) is 0 Å². The summed E-state index contributed by atoms with van der Waals surface area (Å²) in [5.74, 6) is 0.655. The van der Waals surface area contributed by atoms with Gasteiger partial charge in [-0.25, -0.2) is 0 Å². The molecule has 2 amide bonds. The van der Waals surface area contributed by atoms with Crippen LogP contribution in [0.3, 0.4) is 0 Å². The molecule has 0 bridgehead atoms. The van der Waals surface area contributed by atoms with E-state index in [4.69, 9.17) is 14.2 Å². The number of aliphatic hydroxyl groups is 3. The third-order valence-corrected chi connectivity index (χ3v) is 8.39. The van der Waals surface area contributed by atoms with Crippen molar-refractivity contribution in [1.82, 2.24) is 10.2 Å². The van der Waals surface area contributed by atoms with Crippen molar-refractivity contribution in [2.24, 2.45) is 5.92 Å². The van der Waals surface area contributed by atoms with Crippen molar-refractivity contribution >= 4 is 34.4 Å². The van der Waals surface area contributed by atoms with Crippen LogP contribution in [0.2, 0.25) is 0 Å². The Morgan fingerprint density at radius 3 is 2.56 bits per heavy atom. The van der Waals surface area contributed by atoms with E-state index in [0.29, 0.717) is 58.1 Å². The summed E-state index contributed by atoms with van der Waals surface area (Å²) in [5, 5.41) is 33.2. The molecule has 1 saturated carbocycles. The SMILES string of the molecule is COc1cc(CO)cc(I)c1OC1C=C(C(=O)NCCO)CC(N(CCCOC(C)C)C(=O)CC2CCCC2)C1O. The molecule has 2 aliphatic carbocycles. The highest BCUT2D eigenvalue weighted by Crippen LogP contribution is 2.37. The lowest BCUT2D eigenvalue weighted by molar-refractivity contribution is -0.140. The summed E-state index contributed by atoms with van der Waals surface area (Å²) >= 11 is 2.08. The van der Waals surface area contributed by atoms with Crippen LogP contribution in [0.4, 0.5) is 0 Å². The minimum Gasteiger partial charge on any atom is -0.493 e. The molecule has 4 N–H and O–H groups in total. The Morgan fingerprint density at radius 2 is 1.93 bits per heavy atom. The van der Waals surface area contributed by atoms with E-state index in [9.17, 15) is 24.9 Å².